The molecule has 22 heavy (non-hydrogen) atoms. The molecule has 2 aromatic carbocycles. The molecule has 0 saturated heterocycles. The molecule has 0 spiro atoms. The monoisotopic (exact) mass is 313 g/mol. The number of benzene rings is 2. The second kappa shape index (κ2) is 6.41. The number of amidine groups is 1. The van der Waals surface area contributed by atoms with E-state index in [2.05, 4.69) is 15.3 Å². The van der Waals surface area contributed by atoms with Crippen molar-refractivity contribution in [3.8, 4) is 0 Å². The van der Waals surface area contributed by atoms with Gasteiger partial charge in [-0.3, -0.25) is 5.41 Å². The van der Waals surface area contributed by atoms with Crippen LogP contribution >= 0.6 is 12.4 Å². The van der Waals surface area contributed by atoms with Crippen LogP contribution in [0.15, 0.2) is 48.5 Å². The average molecular weight is 314 g/mol. The van der Waals surface area contributed by atoms with Crippen molar-refractivity contribution in [3.63, 3.8) is 0 Å². The fourth-order valence-electron chi connectivity index (χ4n) is 2.15. The van der Waals surface area contributed by atoms with E-state index in [9.17, 15) is 0 Å². The SMILES string of the molecule is Cc1nc(Nc2ccc(C(=N)N)cc2)nc2ccccc12.Cl. The molecule has 4 N–H and O–H groups in total. The first-order chi connectivity index (χ1) is 10.1. The average Bonchev–Trinajstić information content (AvgIpc) is 2.48. The quantitative estimate of drug-likeness (QED) is 0.511. The highest BCUT2D eigenvalue weighted by atomic mass is 35.5. The van der Waals surface area contributed by atoms with E-state index in [0.29, 0.717) is 11.5 Å². The molecule has 0 atom stereocenters. The van der Waals surface area contributed by atoms with Crippen molar-refractivity contribution in [2.45, 2.75) is 6.92 Å². The van der Waals surface area contributed by atoms with Crippen LogP contribution in [0.5, 0.6) is 0 Å². The summed E-state index contributed by atoms with van der Waals surface area (Å²) in [7, 11) is 0. The number of rotatable bonds is 3. The summed E-state index contributed by atoms with van der Waals surface area (Å²) in [6.07, 6.45) is 0. The van der Waals surface area contributed by atoms with Crippen molar-refractivity contribution < 1.29 is 0 Å². The van der Waals surface area contributed by atoms with Crippen molar-refractivity contribution in [2.75, 3.05) is 5.32 Å². The van der Waals surface area contributed by atoms with E-state index in [1.165, 1.54) is 0 Å². The summed E-state index contributed by atoms with van der Waals surface area (Å²) in [5, 5.41) is 11.6. The van der Waals surface area contributed by atoms with Gasteiger partial charge in [-0.15, -0.1) is 12.4 Å². The van der Waals surface area contributed by atoms with Gasteiger partial charge < -0.3 is 11.1 Å². The molecule has 0 radical (unpaired) electrons. The van der Waals surface area contributed by atoms with Crippen molar-refractivity contribution in [1.82, 2.24) is 9.97 Å². The number of nitrogen functional groups attached to an aromatic ring is 1. The lowest BCUT2D eigenvalue weighted by molar-refractivity contribution is 1.15. The third kappa shape index (κ3) is 3.15. The maximum Gasteiger partial charge on any atom is 0.228 e. The molecule has 1 aromatic heterocycles. The van der Waals surface area contributed by atoms with Crippen LogP contribution in [-0.4, -0.2) is 15.8 Å². The van der Waals surface area contributed by atoms with Gasteiger partial charge in [0.15, 0.2) is 0 Å². The highest BCUT2D eigenvalue weighted by Crippen LogP contribution is 2.19. The zero-order chi connectivity index (χ0) is 14.8. The van der Waals surface area contributed by atoms with E-state index in [0.717, 1.165) is 22.3 Å². The number of fused-ring (bicyclic) bond motifs is 1. The van der Waals surface area contributed by atoms with Gasteiger partial charge in [-0.05, 0) is 37.3 Å². The fourth-order valence-corrected chi connectivity index (χ4v) is 2.15. The van der Waals surface area contributed by atoms with E-state index in [1.807, 2.05) is 43.3 Å². The van der Waals surface area contributed by atoms with Crippen LogP contribution in [0.1, 0.15) is 11.3 Å². The Bertz CT molecular complexity index is 814. The number of nitrogens with one attached hydrogen (secondary N) is 2. The minimum absolute atomic E-state index is 0. The van der Waals surface area contributed by atoms with Crippen LogP contribution in [0.3, 0.4) is 0 Å². The van der Waals surface area contributed by atoms with Crippen molar-refractivity contribution in [3.05, 3.63) is 59.8 Å². The second-order valence-electron chi connectivity index (χ2n) is 4.77. The van der Waals surface area contributed by atoms with Crippen molar-refractivity contribution >= 4 is 40.8 Å². The molecule has 0 aliphatic heterocycles. The Balaban J connectivity index is 0.00000176. The minimum atomic E-state index is 0. The number of hydrogen-bond donors (Lipinski definition) is 3. The predicted molar refractivity (Wildman–Crippen MR) is 92.3 cm³/mol. The first-order valence-corrected chi connectivity index (χ1v) is 6.58. The van der Waals surface area contributed by atoms with Crippen LogP contribution in [0.25, 0.3) is 10.9 Å². The zero-order valence-electron chi connectivity index (χ0n) is 12.0. The fraction of sp³-hybridized carbons (Fsp3) is 0.0625. The second-order valence-corrected chi connectivity index (χ2v) is 4.77. The lowest BCUT2D eigenvalue weighted by Crippen LogP contribution is -2.10. The lowest BCUT2D eigenvalue weighted by atomic mass is 10.2. The van der Waals surface area contributed by atoms with E-state index >= 15 is 0 Å². The normalized spacial score (nSPS) is 10.0. The van der Waals surface area contributed by atoms with Crippen LogP contribution in [0, 0.1) is 12.3 Å². The summed E-state index contributed by atoms with van der Waals surface area (Å²) < 4.78 is 0. The topological polar surface area (TPSA) is 87.7 Å². The molecular formula is C16H16ClN5. The summed E-state index contributed by atoms with van der Waals surface area (Å²) in [6, 6.07) is 15.2. The number of nitrogens with zero attached hydrogens (tertiary/aromatic N) is 2. The van der Waals surface area contributed by atoms with Gasteiger partial charge in [-0.2, -0.15) is 0 Å². The van der Waals surface area contributed by atoms with E-state index in [4.69, 9.17) is 11.1 Å². The number of nitrogens with two attached hydrogens (primary N) is 1. The largest absolute Gasteiger partial charge is 0.384 e. The van der Waals surface area contributed by atoms with Crippen LogP contribution in [-0.2, 0) is 0 Å². The molecule has 3 aromatic rings. The first kappa shape index (κ1) is 15.7. The van der Waals surface area contributed by atoms with E-state index in [1.54, 1.807) is 12.1 Å². The summed E-state index contributed by atoms with van der Waals surface area (Å²) >= 11 is 0. The molecule has 0 amide bonds. The van der Waals surface area contributed by atoms with Gasteiger partial charge >= 0.3 is 0 Å². The van der Waals surface area contributed by atoms with Gasteiger partial charge in [-0.25, -0.2) is 9.97 Å². The van der Waals surface area contributed by atoms with Crippen molar-refractivity contribution in [2.24, 2.45) is 5.73 Å². The maximum atomic E-state index is 7.38. The van der Waals surface area contributed by atoms with Gasteiger partial charge in [0.05, 0.1) is 11.2 Å². The Labute approximate surface area is 134 Å². The highest BCUT2D eigenvalue weighted by Gasteiger charge is 2.04. The summed E-state index contributed by atoms with van der Waals surface area (Å²) in [6.45, 7) is 1.97. The molecule has 0 fully saturated rings. The van der Waals surface area contributed by atoms with Crippen LogP contribution in [0.2, 0.25) is 0 Å². The number of para-hydroxylation sites is 1. The standard InChI is InChI=1S/C16H15N5.ClH/c1-10-13-4-2-3-5-14(13)21-16(19-10)20-12-8-6-11(7-9-12)15(17)18;/h2-9H,1H3,(H3,17,18)(H,19,20,21);1H. The van der Waals surface area contributed by atoms with E-state index in [-0.39, 0.29) is 18.2 Å². The smallest absolute Gasteiger partial charge is 0.228 e. The maximum absolute atomic E-state index is 7.38. The molecule has 1 heterocycles. The molecule has 0 aliphatic rings. The number of halogens is 1. The first-order valence-electron chi connectivity index (χ1n) is 6.58. The molecule has 0 bridgehead atoms. The lowest BCUT2D eigenvalue weighted by Gasteiger charge is -2.08. The molecule has 112 valence electrons. The van der Waals surface area contributed by atoms with Crippen molar-refractivity contribution in [1.29, 1.82) is 5.41 Å². The predicted octanol–water partition coefficient (Wildman–Crippen LogP) is 3.39. The molecule has 0 unspecified atom stereocenters. The van der Waals surface area contributed by atoms with E-state index < -0.39 is 0 Å². The van der Waals surface area contributed by atoms with Gasteiger partial charge in [-0.1, -0.05) is 18.2 Å². The number of anilines is 2. The minimum Gasteiger partial charge on any atom is -0.384 e. The summed E-state index contributed by atoms with van der Waals surface area (Å²) in [5.74, 6) is 0.612. The number of aryl methyl sites for hydroxylation is 1. The molecule has 6 heteroatoms. The van der Waals surface area contributed by atoms with Gasteiger partial charge in [0.2, 0.25) is 5.95 Å². The Kier molecular flexibility index (Phi) is 4.58. The molecule has 3 rings (SSSR count). The highest BCUT2D eigenvalue weighted by molar-refractivity contribution is 5.95. The molecule has 0 aliphatic carbocycles. The van der Waals surface area contributed by atoms with Gasteiger partial charge in [0, 0.05) is 16.6 Å². The Morgan fingerprint density at radius 1 is 1.05 bits per heavy atom. The third-order valence-electron chi connectivity index (χ3n) is 3.25. The summed E-state index contributed by atoms with van der Waals surface area (Å²) in [4.78, 5) is 8.96. The van der Waals surface area contributed by atoms with Crippen LogP contribution < -0.4 is 11.1 Å². The number of hydrogen-bond acceptors (Lipinski definition) is 4. The summed E-state index contributed by atoms with van der Waals surface area (Å²) in [5.41, 5.74) is 8.83. The van der Waals surface area contributed by atoms with Gasteiger partial charge in [0.1, 0.15) is 5.84 Å². The number of aromatic nitrogens is 2. The Hall–Kier alpha value is -2.66. The third-order valence-corrected chi connectivity index (χ3v) is 3.25. The van der Waals surface area contributed by atoms with Crippen LogP contribution in [0.4, 0.5) is 11.6 Å². The molecular weight excluding hydrogens is 298 g/mol. The Morgan fingerprint density at radius 2 is 1.73 bits per heavy atom. The van der Waals surface area contributed by atoms with Gasteiger partial charge in [0.25, 0.3) is 0 Å². The molecule has 5 nitrogen and oxygen atoms in total. The Morgan fingerprint density at radius 3 is 2.41 bits per heavy atom. The zero-order valence-corrected chi connectivity index (χ0v) is 12.8. The molecule has 0 saturated carbocycles.